The molecule has 3 nitrogen and oxygen atoms in total. The number of hydrogen-bond acceptors (Lipinski definition) is 3. The van der Waals surface area contributed by atoms with Crippen LogP contribution in [0.5, 0.6) is 11.5 Å². The Morgan fingerprint density at radius 1 is 1.10 bits per heavy atom. The maximum atomic E-state index is 10.1. The predicted molar refractivity (Wildman–Crippen MR) is 85.1 cm³/mol. The summed E-state index contributed by atoms with van der Waals surface area (Å²) in [5.41, 5.74) is 1.23. The first-order valence-electron chi connectivity index (χ1n) is 8.31. The van der Waals surface area contributed by atoms with Gasteiger partial charge in [-0.3, -0.25) is 0 Å². The lowest BCUT2D eigenvalue weighted by Crippen LogP contribution is -2.26. The lowest BCUT2D eigenvalue weighted by atomic mass is 9.82. The molecule has 0 radical (unpaired) electrons. The van der Waals surface area contributed by atoms with Gasteiger partial charge in [0, 0.05) is 0 Å². The number of rotatable bonds is 7. The van der Waals surface area contributed by atoms with Crippen LogP contribution in [-0.2, 0) is 6.42 Å². The van der Waals surface area contributed by atoms with Crippen LogP contribution in [0.25, 0.3) is 0 Å². The number of benzene rings is 1. The summed E-state index contributed by atoms with van der Waals surface area (Å²) in [6.45, 7) is 5.43. The molecule has 1 fully saturated rings. The molecule has 118 valence electrons. The van der Waals surface area contributed by atoms with Crippen molar-refractivity contribution < 1.29 is 14.6 Å². The van der Waals surface area contributed by atoms with Crippen molar-refractivity contribution in [3.05, 3.63) is 23.8 Å². The molecule has 1 saturated carbocycles. The van der Waals surface area contributed by atoms with E-state index >= 15 is 0 Å². The summed E-state index contributed by atoms with van der Waals surface area (Å²) in [5, 5.41) is 10.1. The van der Waals surface area contributed by atoms with E-state index in [1.165, 1.54) is 12.0 Å². The van der Waals surface area contributed by atoms with Gasteiger partial charge in [-0.25, -0.2) is 0 Å². The Morgan fingerprint density at radius 3 is 2.62 bits per heavy atom. The molecule has 1 aliphatic rings. The predicted octanol–water partition coefficient (Wildman–Crippen LogP) is 3.97. The molecule has 3 heteroatoms. The van der Waals surface area contributed by atoms with Crippen LogP contribution in [0.15, 0.2) is 18.2 Å². The van der Waals surface area contributed by atoms with Gasteiger partial charge in [-0.2, -0.15) is 0 Å². The molecule has 0 heterocycles. The highest BCUT2D eigenvalue weighted by Crippen LogP contribution is 2.32. The fraction of sp³-hybridized carbons (Fsp3) is 0.667. The molecule has 2 unspecified atom stereocenters. The summed E-state index contributed by atoms with van der Waals surface area (Å²) in [5.74, 6) is 2.04. The zero-order valence-corrected chi connectivity index (χ0v) is 13.3. The highest BCUT2D eigenvalue weighted by atomic mass is 16.5. The first kappa shape index (κ1) is 16.2. The third-order valence-corrected chi connectivity index (χ3v) is 4.14. The van der Waals surface area contributed by atoms with E-state index in [4.69, 9.17) is 9.47 Å². The van der Waals surface area contributed by atoms with Gasteiger partial charge in [0.1, 0.15) is 0 Å². The van der Waals surface area contributed by atoms with E-state index in [1.54, 1.807) is 0 Å². The second-order valence-corrected chi connectivity index (χ2v) is 5.88. The number of hydrogen-bond donors (Lipinski definition) is 1. The average molecular weight is 292 g/mol. The monoisotopic (exact) mass is 292 g/mol. The first-order chi connectivity index (χ1) is 10.2. The molecular weight excluding hydrogens is 264 g/mol. The Morgan fingerprint density at radius 2 is 1.90 bits per heavy atom. The Hall–Kier alpha value is -1.22. The molecule has 0 aromatic heterocycles. The number of aliphatic hydroxyl groups excluding tert-OH is 1. The molecule has 0 spiro atoms. The van der Waals surface area contributed by atoms with Crippen molar-refractivity contribution in [2.75, 3.05) is 13.2 Å². The second-order valence-electron chi connectivity index (χ2n) is 5.88. The van der Waals surface area contributed by atoms with Crippen LogP contribution in [0.3, 0.4) is 0 Å². The minimum Gasteiger partial charge on any atom is -0.490 e. The molecular formula is C18H28O3. The standard InChI is InChI=1S/C18H28O3/c1-3-11-21-17-10-9-14(13-18(17)20-4-2)12-15-7-5-6-8-16(15)19/h9-10,13,15-16,19H,3-8,11-12H2,1-2H3. The first-order valence-corrected chi connectivity index (χ1v) is 8.31. The number of ether oxygens (including phenoxy) is 2. The Labute approximate surface area is 128 Å². The number of aliphatic hydroxyl groups is 1. The molecule has 1 aromatic rings. The molecule has 2 atom stereocenters. The summed E-state index contributed by atoms with van der Waals surface area (Å²) in [4.78, 5) is 0. The van der Waals surface area contributed by atoms with Crippen molar-refractivity contribution in [3.8, 4) is 11.5 Å². The molecule has 0 amide bonds. The fourth-order valence-corrected chi connectivity index (χ4v) is 3.01. The molecule has 1 aromatic carbocycles. The largest absolute Gasteiger partial charge is 0.490 e. The van der Waals surface area contributed by atoms with Crippen molar-refractivity contribution in [1.82, 2.24) is 0 Å². The summed E-state index contributed by atoms with van der Waals surface area (Å²) >= 11 is 0. The highest BCUT2D eigenvalue weighted by Gasteiger charge is 2.23. The third kappa shape index (κ3) is 4.63. The van der Waals surface area contributed by atoms with E-state index in [2.05, 4.69) is 19.1 Å². The average Bonchev–Trinajstić information content (AvgIpc) is 2.49. The Kier molecular flexibility index (Phi) is 6.37. The lowest BCUT2D eigenvalue weighted by Gasteiger charge is -2.27. The van der Waals surface area contributed by atoms with Crippen molar-refractivity contribution in [1.29, 1.82) is 0 Å². The van der Waals surface area contributed by atoms with Gasteiger partial charge < -0.3 is 14.6 Å². The van der Waals surface area contributed by atoms with E-state index in [0.29, 0.717) is 19.1 Å². The lowest BCUT2D eigenvalue weighted by molar-refractivity contribution is 0.0700. The molecule has 1 aliphatic carbocycles. The van der Waals surface area contributed by atoms with Gasteiger partial charge in [-0.15, -0.1) is 0 Å². The summed E-state index contributed by atoms with van der Waals surface area (Å²) < 4.78 is 11.4. The zero-order chi connectivity index (χ0) is 15.1. The minimum atomic E-state index is -0.148. The summed E-state index contributed by atoms with van der Waals surface area (Å²) in [6.07, 6.45) is 6.23. The van der Waals surface area contributed by atoms with E-state index in [-0.39, 0.29) is 6.10 Å². The van der Waals surface area contributed by atoms with Crippen molar-refractivity contribution in [3.63, 3.8) is 0 Å². The van der Waals surface area contributed by atoms with Gasteiger partial charge >= 0.3 is 0 Å². The van der Waals surface area contributed by atoms with Crippen LogP contribution >= 0.6 is 0 Å². The molecule has 2 rings (SSSR count). The smallest absolute Gasteiger partial charge is 0.161 e. The maximum absolute atomic E-state index is 10.1. The van der Waals surface area contributed by atoms with Crippen LogP contribution in [0.4, 0.5) is 0 Å². The quantitative estimate of drug-likeness (QED) is 0.826. The molecule has 21 heavy (non-hydrogen) atoms. The fourth-order valence-electron chi connectivity index (χ4n) is 3.01. The highest BCUT2D eigenvalue weighted by molar-refractivity contribution is 5.43. The SMILES string of the molecule is CCCOc1ccc(CC2CCCCC2O)cc1OCC. The van der Waals surface area contributed by atoms with E-state index in [1.807, 2.05) is 13.0 Å². The van der Waals surface area contributed by atoms with Gasteiger partial charge in [0.25, 0.3) is 0 Å². The van der Waals surface area contributed by atoms with E-state index < -0.39 is 0 Å². The van der Waals surface area contributed by atoms with Gasteiger partial charge in [0.15, 0.2) is 11.5 Å². The molecule has 0 aliphatic heterocycles. The second kappa shape index (κ2) is 8.28. The topological polar surface area (TPSA) is 38.7 Å². The van der Waals surface area contributed by atoms with Gasteiger partial charge in [-0.1, -0.05) is 25.8 Å². The summed E-state index contributed by atoms with van der Waals surface area (Å²) in [6, 6.07) is 6.19. The van der Waals surface area contributed by atoms with Crippen LogP contribution < -0.4 is 9.47 Å². The molecule has 1 N–H and O–H groups in total. The Balaban J connectivity index is 2.07. The molecule has 0 saturated heterocycles. The van der Waals surface area contributed by atoms with Crippen molar-refractivity contribution >= 4 is 0 Å². The van der Waals surface area contributed by atoms with Crippen LogP contribution in [0.1, 0.15) is 51.5 Å². The van der Waals surface area contributed by atoms with Gasteiger partial charge in [0.2, 0.25) is 0 Å². The van der Waals surface area contributed by atoms with Crippen LogP contribution in [0.2, 0.25) is 0 Å². The maximum Gasteiger partial charge on any atom is 0.161 e. The van der Waals surface area contributed by atoms with Gasteiger partial charge in [-0.05, 0) is 56.2 Å². The molecule has 0 bridgehead atoms. The van der Waals surface area contributed by atoms with Gasteiger partial charge in [0.05, 0.1) is 19.3 Å². The van der Waals surface area contributed by atoms with Crippen molar-refractivity contribution in [2.45, 2.75) is 58.5 Å². The van der Waals surface area contributed by atoms with E-state index in [0.717, 1.165) is 43.6 Å². The van der Waals surface area contributed by atoms with E-state index in [9.17, 15) is 5.11 Å². The summed E-state index contributed by atoms with van der Waals surface area (Å²) in [7, 11) is 0. The normalized spacial score (nSPS) is 22.0. The Bertz CT molecular complexity index is 430. The minimum absolute atomic E-state index is 0.148. The zero-order valence-electron chi connectivity index (χ0n) is 13.3. The van der Waals surface area contributed by atoms with Crippen molar-refractivity contribution in [2.24, 2.45) is 5.92 Å². The van der Waals surface area contributed by atoms with Crippen LogP contribution in [-0.4, -0.2) is 24.4 Å². The third-order valence-electron chi connectivity index (χ3n) is 4.14. The van der Waals surface area contributed by atoms with Crippen LogP contribution in [0, 0.1) is 5.92 Å².